The van der Waals surface area contributed by atoms with Crippen LogP contribution < -0.4 is 15.4 Å². The Morgan fingerprint density at radius 3 is 2.50 bits per heavy atom. The lowest BCUT2D eigenvalue weighted by Gasteiger charge is -2.24. The Morgan fingerprint density at radius 1 is 1.10 bits per heavy atom. The van der Waals surface area contributed by atoms with Crippen LogP contribution in [-0.4, -0.2) is 13.2 Å². The van der Waals surface area contributed by atoms with E-state index in [4.69, 9.17) is 10.5 Å². The van der Waals surface area contributed by atoms with Gasteiger partial charge in [-0.15, -0.1) is 0 Å². The Bertz CT molecular complexity index is 586. The summed E-state index contributed by atoms with van der Waals surface area (Å²) in [6.45, 7) is 5.20. The van der Waals surface area contributed by atoms with E-state index in [-0.39, 0.29) is 5.82 Å². The zero-order valence-corrected chi connectivity index (χ0v) is 11.8. The van der Waals surface area contributed by atoms with Crippen LogP contribution in [-0.2, 0) is 0 Å². The third-order valence-electron chi connectivity index (χ3n) is 3.04. The average molecular weight is 274 g/mol. The molecule has 0 saturated heterocycles. The summed E-state index contributed by atoms with van der Waals surface area (Å²) >= 11 is 0. The molecular formula is C16H19FN2O. The molecule has 0 aliphatic heterocycles. The molecule has 0 spiro atoms. The standard InChI is InChI=1S/C16H19FN2O/c1-3-19(13-7-5-6-12(17)10-13)14-8-9-15(18)16(11-14)20-4-2/h5-11H,3-4,18H2,1-2H3. The molecule has 2 aromatic carbocycles. The van der Waals surface area contributed by atoms with E-state index < -0.39 is 0 Å². The molecule has 0 aliphatic rings. The Balaban J connectivity index is 2.39. The lowest BCUT2D eigenvalue weighted by Crippen LogP contribution is -2.16. The molecule has 0 aromatic heterocycles. The molecule has 20 heavy (non-hydrogen) atoms. The monoisotopic (exact) mass is 274 g/mol. The molecule has 0 atom stereocenters. The summed E-state index contributed by atoms with van der Waals surface area (Å²) in [5.41, 5.74) is 8.21. The molecule has 0 amide bonds. The Kier molecular flexibility index (Phi) is 4.45. The smallest absolute Gasteiger partial charge is 0.144 e. The Hall–Kier alpha value is -2.23. The van der Waals surface area contributed by atoms with Crippen molar-refractivity contribution in [2.75, 3.05) is 23.8 Å². The average Bonchev–Trinajstić information content (AvgIpc) is 2.43. The first-order valence-corrected chi connectivity index (χ1v) is 6.71. The van der Waals surface area contributed by atoms with Gasteiger partial charge in [-0.3, -0.25) is 0 Å². The van der Waals surface area contributed by atoms with Crippen molar-refractivity contribution in [2.45, 2.75) is 13.8 Å². The molecule has 0 heterocycles. The largest absolute Gasteiger partial charge is 0.492 e. The van der Waals surface area contributed by atoms with Crippen LogP contribution in [0.2, 0.25) is 0 Å². The number of rotatable bonds is 5. The first-order chi connectivity index (χ1) is 9.65. The van der Waals surface area contributed by atoms with E-state index in [1.165, 1.54) is 12.1 Å². The van der Waals surface area contributed by atoms with E-state index in [0.29, 0.717) is 18.0 Å². The summed E-state index contributed by atoms with van der Waals surface area (Å²) in [6.07, 6.45) is 0. The normalized spacial score (nSPS) is 10.3. The predicted octanol–water partition coefficient (Wildman–Crippen LogP) is 3.96. The molecule has 0 radical (unpaired) electrons. The van der Waals surface area contributed by atoms with Crippen LogP contribution in [0.5, 0.6) is 5.75 Å². The van der Waals surface area contributed by atoms with Crippen LogP contribution in [0.25, 0.3) is 0 Å². The lowest BCUT2D eigenvalue weighted by molar-refractivity contribution is 0.342. The molecule has 3 nitrogen and oxygen atoms in total. The van der Waals surface area contributed by atoms with Gasteiger partial charge in [-0.2, -0.15) is 0 Å². The van der Waals surface area contributed by atoms with Crippen molar-refractivity contribution in [3.8, 4) is 5.75 Å². The molecule has 0 bridgehead atoms. The summed E-state index contributed by atoms with van der Waals surface area (Å²) in [7, 11) is 0. The fourth-order valence-electron chi connectivity index (χ4n) is 2.13. The summed E-state index contributed by atoms with van der Waals surface area (Å²) in [5.74, 6) is 0.404. The SMILES string of the molecule is CCOc1cc(N(CC)c2cccc(F)c2)ccc1N. The van der Waals surface area contributed by atoms with Crippen molar-refractivity contribution in [3.05, 3.63) is 48.3 Å². The number of anilines is 3. The molecule has 4 heteroatoms. The molecular weight excluding hydrogens is 255 g/mol. The quantitative estimate of drug-likeness (QED) is 0.839. The highest BCUT2D eigenvalue weighted by Gasteiger charge is 2.10. The van der Waals surface area contributed by atoms with Gasteiger partial charge in [0.1, 0.15) is 11.6 Å². The second-order valence-corrected chi connectivity index (χ2v) is 4.38. The zero-order valence-electron chi connectivity index (χ0n) is 11.8. The Labute approximate surface area is 118 Å². The van der Waals surface area contributed by atoms with Gasteiger partial charge in [0, 0.05) is 24.0 Å². The maximum absolute atomic E-state index is 13.4. The summed E-state index contributed by atoms with van der Waals surface area (Å²) in [4.78, 5) is 2.00. The van der Waals surface area contributed by atoms with Gasteiger partial charge in [0.15, 0.2) is 0 Å². The first kappa shape index (κ1) is 14.2. The fourth-order valence-corrected chi connectivity index (χ4v) is 2.13. The maximum Gasteiger partial charge on any atom is 0.144 e. The van der Waals surface area contributed by atoms with E-state index in [9.17, 15) is 4.39 Å². The Morgan fingerprint density at radius 2 is 1.85 bits per heavy atom. The highest BCUT2D eigenvalue weighted by Crippen LogP contribution is 2.32. The van der Waals surface area contributed by atoms with Crippen molar-refractivity contribution < 1.29 is 9.13 Å². The number of ether oxygens (including phenoxy) is 1. The number of hydrogen-bond donors (Lipinski definition) is 1. The van der Waals surface area contributed by atoms with Crippen molar-refractivity contribution in [2.24, 2.45) is 0 Å². The number of nitrogens with zero attached hydrogens (tertiary/aromatic N) is 1. The second kappa shape index (κ2) is 6.28. The van der Waals surface area contributed by atoms with Gasteiger partial charge < -0.3 is 15.4 Å². The van der Waals surface area contributed by atoms with E-state index >= 15 is 0 Å². The van der Waals surface area contributed by atoms with E-state index in [0.717, 1.165) is 17.9 Å². The number of benzene rings is 2. The van der Waals surface area contributed by atoms with Gasteiger partial charge in [0.25, 0.3) is 0 Å². The molecule has 2 aromatic rings. The second-order valence-electron chi connectivity index (χ2n) is 4.38. The van der Waals surface area contributed by atoms with Crippen LogP contribution >= 0.6 is 0 Å². The molecule has 0 saturated carbocycles. The first-order valence-electron chi connectivity index (χ1n) is 6.71. The van der Waals surface area contributed by atoms with Gasteiger partial charge in [0.2, 0.25) is 0 Å². The number of nitrogens with two attached hydrogens (primary N) is 1. The minimum atomic E-state index is -0.249. The minimum Gasteiger partial charge on any atom is -0.492 e. The van der Waals surface area contributed by atoms with E-state index in [2.05, 4.69) is 0 Å². The summed E-state index contributed by atoms with van der Waals surface area (Å²) < 4.78 is 18.9. The highest BCUT2D eigenvalue weighted by molar-refractivity contribution is 5.69. The molecule has 2 rings (SSSR count). The predicted molar refractivity (Wildman–Crippen MR) is 81.1 cm³/mol. The van der Waals surface area contributed by atoms with Gasteiger partial charge in [-0.25, -0.2) is 4.39 Å². The third-order valence-corrected chi connectivity index (χ3v) is 3.04. The van der Waals surface area contributed by atoms with Crippen molar-refractivity contribution >= 4 is 17.1 Å². The summed E-state index contributed by atoms with van der Waals surface area (Å²) in [6, 6.07) is 12.1. The van der Waals surface area contributed by atoms with Gasteiger partial charge in [-0.05, 0) is 44.2 Å². The van der Waals surface area contributed by atoms with E-state index in [1.54, 1.807) is 6.07 Å². The van der Waals surface area contributed by atoms with Crippen LogP contribution in [0.15, 0.2) is 42.5 Å². The molecule has 0 unspecified atom stereocenters. The van der Waals surface area contributed by atoms with Gasteiger partial charge in [0.05, 0.1) is 12.3 Å². The number of nitrogen functional groups attached to an aromatic ring is 1. The summed E-state index contributed by atoms with van der Waals surface area (Å²) in [5, 5.41) is 0. The fraction of sp³-hybridized carbons (Fsp3) is 0.250. The van der Waals surface area contributed by atoms with Gasteiger partial charge in [-0.1, -0.05) is 6.07 Å². The number of halogens is 1. The molecule has 0 aliphatic carbocycles. The molecule has 0 fully saturated rings. The van der Waals surface area contributed by atoms with Crippen LogP contribution in [0, 0.1) is 5.82 Å². The zero-order chi connectivity index (χ0) is 14.5. The highest BCUT2D eigenvalue weighted by atomic mass is 19.1. The lowest BCUT2D eigenvalue weighted by atomic mass is 10.2. The molecule has 2 N–H and O–H groups in total. The van der Waals surface area contributed by atoms with Gasteiger partial charge >= 0.3 is 0 Å². The minimum absolute atomic E-state index is 0.249. The maximum atomic E-state index is 13.4. The third kappa shape index (κ3) is 3.02. The van der Waals surface area contributed by atoms with Crippen LogP contribution in [0.4, 0.5) is 21.5 Å². The topological polar surface area (TPSA) is 38.5 Å². The molecule has 106 valence electrons. The van der Waals surface area contributed by atoms with Crippen molar-refractivity contribution in [3.63, 3.8) is 0 Å². The number of hydrogen-bond acceptors (Lipinski definition) is 3. The van der Waals surface area contributed by atoms with E-state index in [1.807, 2.05) is 43.0 Å². The van der Waals surface area contributed by atoms with Crippen LogP contribution in [0.1, 0.15) is 13.8 Å². The van der Waals surface area contributed by atoms with Crippen molar-refractivity contribution in [1.29, 1.82) is 0 Å². The van der Waals surface area contributed by atoms with Crippen LogP contribution in [0.3, 0.4) is 0 Å². The van der Waals surface area contributed by atoms with Crippen molar-refractivity contribution in [1.82, 2.24) is 0 Å².